The van der Waals surface area contributed by atoms with Crippen molar-refractivity contribution in [2.24, 2.45) is 0 Å². The average Bonchev–Trinajstić information content (AvgIpc) is 2.89. The fourth-order valence-corrected chi connectivity index (χ4v) is 3.63. The fraction of sp³-hybridized carbons (Fsp3) is 0.263. The van der Waals surface area contributed by atoms with Gasteiger partial charge in [-0.05, 0) is 56.7 Å². The third-order valence-electron chi connectivity index (χ3n) is 3.92. The molecule has 130 valence electrons. The van der Waals surface area contributed by atoms with Gasteiger partial charge < -0.3 is 10.1 Å². The molecular formula is C19H20N2O3S. The van der Waals surface area contributed by atoms with Crippen LogP contribution in [0.1, 0.15) is 19.4 Å². The minimum absolute atomic E-state index is 0.0112. The van der Waals surface area contributed by atoms with Crippen molar-refractivity contribution in [2.75, 3.05) is 5.32 Å². The number of carbonyl (C=O) groups excluding carboxylic acids is 1. The Balaban J connectivity index is 1.74. The van der Waals surface area contributed by atoms with Crippen LogP contribution in [0.4, 0.5) is 5.69 Å². The van der Waals surface area contributed by atoms with Crippen LogP contribution >= 0.6 is 11.3 Å². The number of aromatic nitrogens is 1. The first-order valence-corrected chi connectivity index (χ1v) is 8.97. The van der Waals surface area contributed by atoms with Crippen LogP contribution in [0.2, 0.25) is 0 Å². The number of amides is 1. The first-order valence-electron chi connectivity index (χ1n) is 8.15. The first kappa shape index (κ1) is 17.2. The zero-order valence-corrected chi connectivity index (χ0v) is 15.2. The van der Waals surface area contributed by atoms with E-state index in [0.29, 0.717) is 18.0 Å². The summed E-state index contributed by atoms with van der Waals surface area (Å²) in [7, 11) is 0. The van der Waals surface area contributed by atoms with E-state index in [1.165, 1.54) is 11.3 Å². The number of thiazole rings is 1. The Morgan fingerprint density at radius 1 is 1.28 bits per heavy atom. The number of nitrogens with one attached hydrogen (secondary N) is 1. The van der Waals surface area contributed by atoms with Gasteiger partial charge in [-0.2, -0.15) is 0 Å². The number of anilines is 1. The van der Waals surface area contributed by atoms with Crippen LogP contribution in [0.25, 0.3) is 10.2 Å². The van der Waals surface area contributed by atoms with Gasteiger partial charge in [-0.15, -0.1) is 0 Å². The predicted molar refractivity (Wildman–Crippen MR) is 102 cm³/mol. The lowest BCUT2D eigenvalue weighted by Crippen LogP contribution is -2.30. The highest BCUT2D eigenvalue weighted by molar-refractivity contribution is 7.16. The molecule has 0 spiro atoms. The highest BCUT2D eigenvalue weighted by Gasteiger charge is 2.16. The van der Waals surface area contributed by atoms with Gasteiger partial charge in [0.2, 0.25) is 0 Å². The number of nitrogens with zero attached hydrogens (tertiary/aromatic N) is 1. The van der Waals surface area contributed by atoms with Crippen molar-refractivity contribution in [3.8, 4) is 5.75 Å². The molecule has 0 unspecified atom stereocenters. The van der Waals surface area contributed by atoms with Crippen molar-refractivity contribution in [1.29, 1.82) is 0 Å². The van der Waals surface area contributed by atoms with E-state index in [0.717, 1.165) is 15.8 Å². The summed E-state index contributed by atoms with van der Waals surface area (Å²) in [6, 6.07) is 13.1. The number of ether oxygens (including phenoxy) is 1. The Bertz CT molecular complexity index is 974. The van der Waals surface area contributed by atoms with Crippen LogP contribution in [-0.4, -0.2) is 16.6 Å². The maximum atomic E-state index is 12.4. The Morgan fingerprint density at radius 3 is 2.80 bits per heavy atom. The molecule has 0 fully saturated rings. The number of hydrogen-bond acceptors (Lipinski definition) is 4. The van der Waals surface area contributed by atoms with Crippen molar-refractivity contribution >= 4 is 33.1 Å². The summed E-state index contributed by atoms with van der Waals surface area (Å²) in [6.07, 6.45) is -0.628. The Kier molecular flexibility index (Phi) is 4.90. The second-order valence-electron chi connectivity index (χ2n) is 5.86. The van der Waals surface area contributed by atoms with E-state index in [1.54, 1.807) is 17.6 Å². The van der Waals surface area contributed by atoms with E-state index in [4.69, 9.17) is 4.74 Å². The minimum Gasteiger partial charge on any atom is -0.481 e. The van der Waals surface area contributed by atoms with Gasteiger partial charge in [-0.25, -0.2) is 0 Å². The Morgan fingerprint density at radius 2 is 2.08 bits per heavy atom. The molecule has 0 aliphatic carbocycles. The van der Waals surface area contributed by atoms with Gasteiger partial charge in [0.15, 0.2) is 6.10 Å². The van der Waals surface area contributed by atoms with Gasteiger partial charge in [0.05, 0.1) is 10.2 Å². The molecule has 2 aromatic carbocycles. The summed E-state index contributed by atoms with van der Waals surface area (Å²) in [6.45, 7) is 6.25. The molecule has 0 aliphatic heterocycles. The molecule has 0 saturated carbocycles. The normalized spacial score (nSPS) is 12.1. The van der Waals surface area contributed by atoms with Crippen LogP contribution in [0, 0.1) is 6.92 Å². The smallest absolute Gasteiger partial charge is 0.308 e. The summed E-state index contributed by atoms with van der Waals surface area (Å²) in [5, 5.41) is 2.85. The van der Waals surface area contributed by atoms with Crippen molar-refractivity contribution in [3.63, 3.8) is 0 Å². The van der Waals surface area contributed by atoms with Gasteiger partial charge in [-0.3, -0.25) is 14.2 Å². The van der Waals surface area contributed by atoms with Gasteiger partial charge in [0, 0.05) is 12.2 Å². The van der Waals surface area contributed by atoms with Crippen LogP contribution < -0.4 is 14.9 Å². The standard InChI is InChI=1S/C19H20N2O3S/c1-4-21-16-9-8-14(11-17(16)25-19(21)23)20-18(22)13(3)24-15-7-5-6-12(2)10-15/h5-11,13H,4H2,1-3H3,(H,20,22)/t13-/m1/s1. The minimum atomic E-state index is -0.628. The zero-order valence-electron chi connectivity index (χ0n) is 14.4. The first-order chi connectivity index (χ1) is 12.0. The molecule has 3 aromatic rings. The number of hydrogen-bond donors (Lipinski definition) is 1. The van der Waals surface area contributed by atoms with Crippen molar-refractivity contribution < 1.29 is 9.53 Å². The number of benzene rings is 2. The average molecular weight is 356 g/mol. The summed E-state index contributed by atoms with van der Waals surface area (Å²) < 4.78 is 8.27. The lowest BCUT2D eigenvalue weighted by molar-refractivity contribution is -0.122. The van der Waals surface area contributed by atoms with Gasteiger partial charge in [0.25, 0.3) is 5.91 Å². The van der Waals surface area contributed by atoms with Gasteiger partial charge >= 0.3 is 4.87 Å². The van der Waals surface area contributed by atoms with E-state index >= 15 is 0 Å². The van der Waals surface area contributed by atoms with Crippen LogP contribution in [0.15, 0.2) is 47.3 Å². The molecule has 1 atom stereocenters. The van der Waals surface area contributed by atoms with E-state index in [-0.39, 0.29) is 10.8 Å². The second kappa shape index (κ2) is 7.11. The zero-order chi connectivity index (χ0) is 18.0. The van der Waals surface area contributed by atoms with E-state index in [1.807, 2.05) is 50.2 Å². The molecule has 0 bridgehead atoms. The van der Waals surface area contributed by atoms with Crippen molar-refractivity contribution in [2.45, 2.75) is 33.4 Å². The van der Waals surface area contributed by atoms with Gasteiger partial charge in [-0.1, -0.05) is 23.5 Å². The Hall–Kier alpha value is -2.60. The predicted octanol–water partition coefficient (Wildman–Crippen LogP) is 3.80. The van der Waals surface area contributed by atoms with Crippen molar-refractivity contribution in [3.05, 3.63) is 57.7 Å². The van der Waals surface area contributed by atoms with E-state index in [2.05, 4.69) is 5.32 Å². The summed E-state index contributed by atoms with van der Waals surface area (Å²) in [4.78, 5) is 24.3. The number of carbonyl (C=O) groups is 1. The van der Waals surface area contributed by atoms with Crippen LogP contribution in [0.3, 0.4) is 0 Å². The van der Waals surface area contributed by atoms with E-state index < -0.39 is 6.10 Å². The van der Waals surface area contributed by atoms with Crippen molar-refractivity contribution in [1.82, 2.24) is 4.57 Å². The summed E-state index contributed by atoms with van der Waals surface area (Å²) >= 11 is 1.18. The number of aryl methyl sites for hydroxylation is 2. The highest BCUT2D eigenvalue weighted by Crippen LogP contribution is 2.22. The quantitative estimate of drug-likeness (QED) is 0.756. The van der Waals surface area contributed by atoms with Crippen LogP contribution in [0.5, 0.6) is 5.75 Å². The topological polar surface area (TPSA) is 60.3 Å². The SMILES string of the molecule is CCn1c(=O)sc2cc(NC(=O)[C@@H](C)Oc3cccc(C)c3)ccc21. The lowest BCUT2D eigenvalue weighted by Gasteiger charge is -2.15. The molecule has 0 radical (unpaired) electrons. The largest absolute Gasteiger partial charge is 0.481 e. The highest BCUT2D eigenvalue weighted by atomic mass is 32.1. The monoisotopic (exact) mass is 356 g/mol. The number of rotatable bonds is 5. The molecule has 0 saturated heterocycles. The fourth-order valence-electron chi connectivity index (χ4n) is 2.63. The summed E-state index contributed by atoms with van der Waals surface area (Å²) in [5.74, 6) is 0.430. The molecule has 1 amide bonds. The number of fused-ring (bicyclic) bond motifs is 1. The molecule has 0 aliphatic rings. The molecule has 25 heavy (non-hydrogen) atoms. The molecule has 6 heteroatoms. The summed E-state index contributed by atoms with van der Waals surface area (Å²) in [5.41, 5.74) is 2.62. The second-order valence-corrected chi connectivity index (χ2v) is 6.85. The third kappa shape index (κ3) is 3.74. The molecule has 5 nitrogen and oxygen atoms in total. The molecule has 3 rings (SSSR count). The maximum absolute atomic E-state index is 12.4. The molecule has 1 N–H and O–H groups in total. The molecule has 1 heterocycles. The molecule has 1 aromatic heterocycles. The molecular weight excluding hydrogens is 336 g/mol. The lowest BCUT2D eigenvalue weighted by atomic mass is 10.2. The Labute approximate surface area is 149 Å². The van der Waals surface area contributed by atoms with Crippen LogP contribution in [-0.2, 0) is 11.3 Å². The van der Waals surface area contributed by atoms with Gasteiger partial charge in [0.1, 0.15) is 5.75 Å². The third-order valence-corrected chi connectivity index (χ3v) is 4.87. The van der Waals surface area contributed by atoms with E-state index in [9.17, 15) is 9.59 Å². The maximum Gasteiger partial charge on any atom is 0.308 e.